The lowest BCUT2D eigenvalue weighted by atomic mass is 10.1. The molecule has 0 fully saturated rings. The number of hydrogen-bond donors (Lipinski definition) is 0. The van der Waals surface area contributed by atoms with Gasteiger partial charge in [-0.3, -0.25) is 4.79 Å². The summed E-state index contributed by atoms with van der Waals surface area (Å²) in [7, 11) is 2.91. The summed E-state index contributed by atoms with van der Waals surface area (Å²) in [5.74, 6) is -4.79. The van der Waals surface area contributed by atoms with Crippen LogP contribution in [0.1, 0.15) is 5.56 Å². The van der Waals surface area contributed by atoms with Crippen molar-refractivity contribution in [3.63, 3.8) is 0 Å². The molecule has 6 heteroatoms. The molecule has 0 saturated carbocycles. The zero-order chi connectivity index (χ0) is 15.0. The van der Waals surface area contributed by atoms with Crippen LogP contribution in [-0.2, 0) is 20.2 Å². The van der Waals surface area contributed by atoms with Crippen LogP contribution in [0.5, 0.6) is 0 Å². The molecular weight excluding hydrogens is 268 g/mol. The Morgan fingerprint density at radius 2 is 1.60 bits per heavy atom. The number of carbonyl (C=O) groups is 1. The van der Waals surface area contributed by atoms with Gasteiger partial charge < -0.3 is 14.4 Å². The van der Waals surface area contributed by atoms with Gasteiger partial charge in [0.15, 0.2) is 0 Å². The first-order chi connectivity index (χ1) is 9.54. The number of alkyl halides is 2. The van der Waals surface area contributed by atoms with Crippen molar-refractivity contribution in [2.75, 3.05) is 40.5 Å². The topological polar surface area (TPSA) is 38.8 Å². The molecule has 0 radical (unpaired) electrons. The number of methoxy groups -OCH3 is 2. The summed E-state index contributed by atoms with van der Waals surface area (Å²) in [6.07, 6.45) is 0. The molecule has 0 N–H and O–H groups in total. The Bertz CT molecular complexity index is 404. The van der Waals surface area contributed by atoms with E-state index in [-0.39, 0.29) is 31.9 Å². The number of carbonyl (C=O) groups excluding carboxylic acids is 1. The highest BCUT2D eigenvalue weighted by Gasteiger charge is 2.43. The van der Waals surface area contributed by atoms with Crippen LogP contribution < -0.4 is 0 Å². The van der Waals surface area contributed by atoms with E-state index in [1.54, 1.807) is 6.07 Å². The smallest absolute Gasteiger partial charge is 0.349 e. The predicted octanol–water partition coefficient (Wildman–Crippen LogP) is 1.90. The summed E-state index contributed by atoms with van der Waals surface area (Å²) in [6, 6.07) is 7.06. The quantitative estimate of drug-likeness (QED) is 0.733. The number of ether oxygens (including phenoxy) is 2. The van der Waals surface area contributed by atoms with Gasteiger partial charge in [-0.15, -0.1) is 0 Å². The van der Waals surface area contributed by atoms with E-state index < -0.39 is 11.8 Å². The molecule has 112 valence electrons. The molecule has 0 unspecified atom stereocenters. The first-order valence-electron chi connectivity index (χ1n) is 6.24. The van der Waals surface area contributed by atoms with Gasteiger partial charge in [0.1, 0.15) is 0 Å². The molecule has 0 heterocycles. The molecule has 0 bridgehead atoms. The fourth-order valence-electron chi connectivity index (χ4n) is 1.69. The van der Waals surface area contributed by atoms with Gasteiger partial charge in [-0.25, -0.2) is 0 Å². The minimum atomic E-state index is -3.55. The molecule has 1 aromatic carbocycles. The standard InChI is InChI=1S/C14H19F2NO3/c1-19-10-8-17(9-11-20-2)13(18)14(15,16)12-6-4-3-5-7-12/h3-7H,8-11H2,1-2H3. The minimum Gasteiger partial charge on any atom is -0.383 e. The Labute approximate surface area is 117 Å². The van der Waals surface area contributed by atoms with Crippen LogP contribution in [0.2, 0.25) is 0 Å². The molecular formula is C14H19F2NO3. The maximum Gasteiger partial charge on any atom is 0.349 e. The monoisotopic (exact) mass is 287 g/mol. The highest BCUT2D eigenvalue weighted by atomic mass is 19.3. The second-order valence-corrected chi connectivity index (χ2v) is 4.22. The molecule has 20 heavy (non-hydrogen) atoms. The molecule has 0 aromatic heterocycles. The van der Waals surface area contributed by atoms with Crippen molar-refractivity contribution in [2.24, 2.45) is 0 Å². The predicted molar refractivity (Wildman–Crippen MR) is 70.7 cm³/mol. The van der Waals surface area contributed by atoms with Crippen molar-refractivity contribution in [3.05, 3.63) is 35.9 Å². The zero-order valence-electron chi connectivity index (χ0n) is 11.6. The maximum absolute atomic E-state index is 14.2. The van der Waals surface area contributed by atoms with Gasteiger partial charge in [0.05, 0.1) is 13.2 Å². The molecule has 1 aromatic rings. The van der Waals surface area contributed by atoms with Crippen molar-refractivity contribution in [2.45, 2.75) is 5.92 Å². The molecule has 0 atom stereocenters. The van der Waals surface area contributed by atoms with E-state index in [1.165, 1.54) is 38.5 Å². The van der Waals surface area contributed by atoms with E-state index in [0.29, 0.717) is 0 Å². The van der Waals surface area contributed by atoms with Crippen LogP contribution in [-0.4, -0.2) is 51.3 Å². The summed E-state index contributed by atoms with van der Waals surface area (Å²) in [5, 5.41) is 0. The van der Waals surface area contributed by atoms with Crippen LogP contribution >= 0.6 is 0 Å². The number of nitrogens with zero attached hydrogens (tertiary/aromatic N) is 1. The molecule has 1 amide bonds. The maximum atomic E-state index is 14.2. The van der Waals surface area contributed by atoms with Crippen LogP contribution in [0.25, 0.3) is 0 Å². The van der Waals surface area contributed by atoms with Crippen molar-refractivity contribution in [1.82, 2.24) is 4.90 Å². The zero-order valence-corrected chi connectivity index (χ0v) is 11.6. The van der Waals surface area contributed by atoms with Gasteiger partial charge in [0.2, 0.25) is 0 Å². The number of hydrogen-bond acceptors (Lipinski definition) is 3. The second kappa shape index (κ2) is 7.91. The van der Waals surface area contributed by atoms with Gasteiger partial charge in [0.25, 0.3) is 5.91 Å². The fraction of sp³-hybridized carbons (Fsp3) is 0.500. The lowest BCUT2D eigenvalue weighted by Gasteiger charge is -2.26. The SMILES string of the molecule is COCCN(CCOC)C(=O)C(F)(F)c1ccccc1. The van der Waals surface area contributed by atoms with Crippen molar-refractivity contribution in [1.29, 1.82) is 0 Å². The van der Waals surface area contributed by atoms with Crippen molar-refractivity contribution >= 4 is 5.91 Å². The van der Waals surface area contributed by atoms with Gasteiger partial charge in [-0.05, 0) is 0 Å². The first-order valence-corrected chi connectivity index (χ1v) is 6.24. The molecule has 0 aliphatic carbocycles. The minimum absolute atomic E-state index is 0.0983. The summed E-state index contributed by atoms with van der Waals surface area (Å²) in [4.78, 5) is 13.1. The summed E-state index contributed by atoms with van der Waals surface area (Å²) < 4.78 is 38.0. The third-order valence-corrected chi connectivity index (χ3v) is 2.82. The largest absolute Gasteiger partial charge is 0.383 e. The van der Waals surface area contributed by atoms with Crippen LogP contribution in [0.4, 0.5) is 8.78 Å². The van der Waals surface area contributed by atoms with Crippen LogP contribution in [0, 0.1) is 0 Å². The molecule has 0 spiro atoms. The normalized spacial score (nSPS) is 11.4. The summed E-state index contributed by atoms with van der Waals surface area (Å²) >= 11 is 0. The molecule has 0 aliphatic rings. The van der Waals surface area contributed by atoms with Gasteiger partial charge in [-0.2, -0.15) is 8.78 Å². The van der Waals surface area contributed by atoms with Crippen LogP contribution in [0.3, 0.4) is 0 Å². The molecule has 4 nitrogen and oxygen atoms in total. The average molecular weight is 287 g/mol. The Morgan fingerprint density at radius 3 is 2.05 bits per heavy atom. The molecule has 0 saturated heterocycles. The highest BCUT2D eigenvalue weighted by Crippen LogP contribution is 2.29. The van der Waals surface area contributed by atoms with Gasteiger partial charge in [-0.1, -0.05) is 30.3 Å². The number of halogens is 2. The third kappa shape index (κ3) is 4.25. The van der Waals surface area contributed by atoms with E-state index in [2.05, 4.69) is 0 Å². The lowest BCUT2D eigenvalue weighted by Crippen LogP contribution is -2.44. The van der Waals surface area contributed by atoms with Gasteiger partial charge in [0, 0.05) is 32.9 Å². The molecule has 1 rings (SSSR count). The Hall–Kier alpha value is -1.53. The fourth-order valence-corrected chi connectivity index (χ4v) is 1.69. The number of benzene rings is 1. The van der Waals surface area contributed by atoms with E-state index in [9.17, 15) is 13.6 Å². The number of amides is 1. The van der Waals surface area contributed by atoms with E-state index >= 15 is 0 Å². The summed E-state index contributed by atoms with van der Waals surface area (Å²) in [5.41, 5.74) is -0.315. The van der Waals surface area contributed by atoms with E-state index in [1.807, 2.05) is 0 Å². The average Bonchev–Trinajstić information content (AvgIpc) is 2.47. The van der Waals surface area contributed by atoms with Crippen LogP contribution in [0.15, 0.2) is 30.3 Å². The highest BCUT2D eigenvalue weighted by molar-refractivity contribution is 5.84. The Kier molecular flexibility index (Phi) is 6.54. The summed E-state index contributed by atoms with van der Waals surface area (Å²) in [6.45, 7) is 0.586. The van der Waals surface area contributed by atoms with E-state index in [4.69, 9.17) is 9.47 Å². The second-order valence-electron chi connectivity index (χ2n) is 4.22. The molecule has 0 aliphatic heterocycles. The Balaban J connectivity index is 2.86. The van der Waals surface area contributed by atoms with E-state index in [0.717, 1.165) is 4.90 Å². The van der Waals surface area contributed by atoms with Crippen molar-refractivity contribution < 1.29 is 23.0 Å². The lowest BCUT2D eigenvalue weighted by molar-refractivity contribution is -0.160. The third-order valence-electron chi connectivity index (χ3n) is 2.82. The van der Waals surface area contributed by atoms with Gasteiger partial charge >= 0.3 is 5.92 Å². The van der Waals surface area contributed by atoms with Crippen molar-refractivity contribution in [3.8, 4) is 0 Å². The number of rotatable bonds is 8. The first kappa shape index (κ1) is 16.5. The Morgan fingerprint density at radius 1 is 1.10 bits per heavy atom.